The summed E-state index contributed by atoms with van der Waals surface area (Å²) in [6.45, 7) is 2.64. The first kappa shape index (κ1) is 12.5. The minimum Gasteiger partial charge on any atom is -0.392 e. The van der Waals surface area contributed by atoms with Gasteiger partial charge in [0.1, 0.15) is 0 Å². The first-order valence-electron chi connectivity index (χ1n) is 5.88. The second-order valence-electron chi connectivity index (χ2n) is 4.29. The normalized spacial score (nSPS) is 10.4. The van der Waals surface area contributed by atoms with Gasteiger partial charge in [-0.1, -0.05) is 6.07 Å². The van der Waals surface area contributed by atoms with Crippen molar-refractivity contribution < 1.29 is 5.11 Å². The van der Waals surface area contributed by atoms with Gasteiger partial charge in [-0.05, 0) is 25.1 Å². The van der Waals surface area contributed by atoms with Gasteiger partial charge in [0.25, 0.3) is 0 Å². The minimum absolute atomic E-state index is 0.00479. The van der Waals surface area contributed by atoms with Gasteiger partial charge >= 0.3 is 0 Å². The molecule has 2 heterocycles. The van der Waals surface area contributed by atoms with Gasteiger partial charge in [0.05, 0.1) is 18.8 Å². The van der Waals surface area contributed by atoms with Crippen LogP contribution in [-0.2, 0) is 13.2 Å². The molecule has 18 heavy (non-hydrogen) atoms. The Morgan fingerprint density at radius 1 is 1.28 bits per heavy atom. The summed E-state index contributed by atoms with van der Waals surface area (Å²) in [5, 5.41) is 9.34. The number of hydrogen-bond donors (Lipinski definition) is 1. The Morgan fingerprint density at radius 3 is 2.78 bits per heavy atom. The monoisotopic (exact) mass is 243 g/mol. The average Bonchev–Trinajstić information content (AvgIpc) is 2.40. The van der Waals surface area contributed by atoms with E-state index in [4.69, 9.17) is 0 Å². The fraction of sp³-hybridized carbons (Fsp3) is 0.286. The average molecular weight is 243 g/mol. The van der Waals surface area contributed by atoms with Crippen molar-refractivity contribution in [1.82, 2.24) is 9.97 Å². The smallest absolute Gasteiger partial charge is 0.0717 e. The molecule has 0 aliphatic rings. The number of aromatic nitrogens is 2. The summed E-state index contributed by atoms with van der Waals surface area (Å²) in [6.07, 6.45) is 3.51. The second-order valence-corrected chi connectivity index (χ2v) is 4.29. The largest absolute Gasteiger partial charge is 0.392 e. The van der Waals surface area contributed by atoms with Crippen LogP contribution in [0.15, 0.2) is 36.7 Å². The lowest BCUT2D eigenvalue weighted by atomic mass is 10.2. The second kappa shape index (κ2) is 5.60. The molecular formula is C14H17N3O. The zero-order valence-corrected chi connectivity index (χ0v) is 10.7. The van der Waals surface area contributed by atoms with Crippen molar-refractivity contribution in [3.8, 4) is 0 Å². The highest BCUT2D eigenvalue weighted by Gasteiger charge is 2.09. The SMILES string of the molecule is Cc1cc(N(C)Cc2ccccn2)c(CO)cn1. The van der Waals surface area contributed by atoms with Gasteiger partial charge in [0, 0.05) is 36.4 Å². The number of hydrogen-bond acceptors (Lipinski definition) is 4. The fourth-order valence-electron chi connectivity index (χ4n) is 1.87. The molecule has 0 aromatic carbocycles. The first-order chi connectivity index (χ1) is 8.70. The third-order valence-corrected chi connectivity index (χ3v) is 2.81. The summed E-state index contributed by atoms with van der Waals surface area (Å²) < 4.78 is 0. The molecule has 4 nitrogen and oxygen atoms in total. The molecule has 0 fully saturated rings. The van der Waals surface area contributed by atoms with Crippen LogP contribution >= 0.6 is 0 Å². The standard InChI is InChI=1S/C14H17N3O/c1-11-7-14(12(10-18)8-16-11)17(2)9-13-5-3-4-6-15-13/h3-8,18H,9-10H2,1-2H3. The lowest BCUT2D eigenvalue weighted by Crippen LogP contribution is -2.19. The number of pyridine rings is 2. The highest BCUT2D eigenvalue weighted by atomic mass is 16.3. The number of anilines is 1. The van der Waals surface area contributed by atoms with Gasteiger partial charge in [0.2, 0.25) is 0 Å². The molecule has 2 rings (SSSR count). The van der Waals surface area contributed by atoms with E-state index in [0.29, 0.717) is 6.54 Å². The van der Waals surface area contributed by atoms with Gasteiger partial charge in [-0.25, -0.2) is 0 Å². The highest BCUT2D eigenvalue weighted by Crippen LogP contribution is 2.21. The third kappa shape index (κ3) is 2.84. The van der Waals surface area contributed by atoms with Crippen molar-refractivity contribution in [3.05, 3.63) is 53.6 Å². The van der Waals surface area contributed by atoms with Gasteiger partial charge in [-0.15, -0.1) is 0 Å². The maximum atomic E-state index is 9.34. The van der Waals surface area contributed by atoms with Crippen molar-refractivity contribution >= 4 is 5.69 Å². The van der Waals surface area contributed by atoms with Crippen molar-refractivity contribution in [2.75, 3.05) is 11.9 Å². The quantitative estimate of drug-likeness (QED) is 0.891. The minimum atomic E-state index is -0.00479. The molecule has 4 heteroatoms. The molecule has 94 valence electrons. The first-order valence-corrected chi connectivity index (χ1v) is 5.88. The van der Waals surface area contributed by atoms with Crippen LogP contribution in [0.25, 0.3) is 0 Å². The van der Waals surface area contributed by atoms with E-state index in [0.717, 1.165) is 22.6 Å². The predicted molar refractivity (Wildman–Crippen MR) is 71.2 cm³/mol. The molecule has 0 radical (unpaired) electrons. The summed E-state index contributed by atoms with van der Waals surface area (Å²) >= 11 is 0. The Bertz CT molecular complexity index is 514. The van der Waals surface area contributed by atoms with Gasteiger partial charge in [-0.2, -0.15) is 0 Å². The van der Waals surface area contributed by atoms with Crippen molar-refractivity contribution in [2.24, 2.45) is 0 Å². The summed E-state index contributed by atoms with van der Waals surface area (Å²) in [4.78, 5) is 10.6. The Morgan fingerprint density at radius 2 is 2.11 bits per heavy atom. The Labute approximate surface area is 107 Å². The van der Waals surface area contributed by atoms with Crippen LogP contribution in [0.1, 0.15) is 17.0 Å². The summed E-state index contributed by atoms with van der Waals surface area (Å²) in [5.41, 5.74) is 3.77. The lowest BCUT2D eigenvalue weighted by Gasteiger charge is -2.21. The van der Waals surface area contributed by atoms with Gasteiger partial charge in [-0.3, -0.25) is 9.97 Å². The molecule has 0 bridgehead atoms. The molecule has 0 amide bonds. The molecule has 0 atom stereocenters. The van der Waals surface area contributed by atoms with E-state index in [9.17, 15) is 5.11 Å². The number of rotatable bonds is 4. The van der Waals surface area contributed by atoms with Gasteiger partial charge in [0.15, 0.2) is 0 Å². The summed E-state index contributed by atoms with van der Waals surface area (Å²) in [5.74, 6) is 0. The van der Waals surface area contributed by atoms with E-state index in [-0.39, 0.29) is 6.61 Å². The lowest BCUT2D eigenvalue weighted by molar-refractivity contribution is 0.281. The van der Waals surface area contributed by atoms with Crippen LogP contribution < -0.4 is 4.90 Å². The fourth-order valence-corrected chi connectivity index (χ4v) is 1.87. The summed E-state index contributed by atoms with van der Waals surface area (Å²) in [6, 6.07) is 7.85. The van der Waals surface area contributed by atoms with E-state index >= 15 is 0 Å². The van der Waals surface area contributed by atoms with Crippen molar-refractivity contribution in [3.63, 3.8) is 0 Å². The van der Waals surface area contributed by atoms with Crippen LogP contribution in [-0.4, -0.2) is 22.1 Å². The van der Waals surface area contributed by atoms with E-state index in [1.165, 1.54) is 0 Å². The molecule has 0 saturated heterocycles. The Balaban J connectivity index is 2.23. The molecule has 0 saturated carbocycles. The summed E-state index contributed by atoms with van der Waals surface area (Å²) in [7, 11) is 1.99. The van der Waals surface area contributed by atoms with Gasteiger partial charge < -0.3 is 10.0 Å². The van der Waals surface area contributed by atoms with E-state index < -0.39 is 0 Å². The van der Waals surface area contributed by atoms with Crippen LogP contribution in [0.3, 0.4) is 0 Å². The van der Waals surface area contributed by atoms with Crippen LogP contribution in [0, 0.1) is 6.92 Å². The molecule has 1 N–H and O–H groups in total. The Kier molecular flexibility index (Phi) is 3.89. The maximum Gasteiger partial charge on any atom is 0.0717 e. The van der Waals surface area contributed by atoms with E-state index in [1.54, 1.807) is 12.4 Å². The number of aliphatic hydroxyl groups excluding tert-OH is 1. The molecule has 2 aromatic rings. The van der Waals surface area contributed by atoms with Crippen LogP contribution in [0.5, 0.6) is 0 Å². The predicted octanol–water partition coefficient (Wildman–Crippen LogP) is 1.91. The van der Waals surface area contributed by atoms with E-state index in [2.05, 4.69) is 14.9 Å². The maximum absolute atomic E-state index is 9.34. The molecule has 0 aliphatic heterocycles. The zero-order valence-electron chi connectivity index (χ0n) is 10.7. The molecule has 2 aromatic heterocycles. The van der Waals surface area contributed by atoms with Crippen LogP contribution in [0.4, 0.5) is 5.69 Å². The zero-order chi connectivity index (χ0) is 13.0. The number of aliphatic hydroxyl groups is 1. The highest BCUT2D eigenvalue weighted by molar-refractivity contribution is 5.52. The topological polar surface area (TPSA) is 49.2 Å². The molecule has 0 aliphatic carbocycles. The van der Waals surface area contributed by atoms with Crippen molar-refractivity contribution in [2.45, 2.75) is 20.1 Å². The third-order valence-electron chi connectivity index (χ3n) is 2.81. The molecule has 0 unspecified atom stereocenters. The van der Waals surface area contributed by atoms with Crippen molar-refractivity contribution in [1.29, 1.82) is 0 Å². The number of nitrogens with zero attached hydrogens (tertiary/aromatic N) is 3. The molecule has 0 spiro atoms. The van der Waals surface area contributed by atoms with E-state index in [1.807, 2.05) is 38.2 Å². The number of aryl methyl sites for hydroxylation is 1. The Hall–Kier alpha value is -1.94. The molecular weight excluding hydrogens is 226 g/mol. The van der Waals surface area contributed by atoms with Crippen LogP contribution in [0.2, 0.25) is 0 Å².